The van der Waals surface area contributed by atoms with Gasteiger partial charge in [0.2, 0.25) is 0 Å². The number of hydrogen-bond acceptors (Lipinski definition) is 6. The standard InChI is InChI=1S/C20H19F2N3O3S/c1-13-10-11-25(24-13)16-6-2-14(3-7-16)19(27)28-12-18(26)23-15-4-8-17(9-5-15)29-20(21)22/h2-9,20H,10-12H2,1H3,(H,23,26). The van der Waals surface area contributed by atoms with Gasteiger partial charge in [-0.25, -0.2) is 4.79 Å². The fourth-order valence-electron chi connectivity index (χ4n) is 2.66. The first-order valence-electron chi connectivity index (χ1n) is 8.84. The van der Waals surface area contributed by atoms with Crippen molar-refractivity contribution in [1.29, 1.82) is 0 Å². The normalized spacial score (nSPS) is 13.4. The number of hydrogen-bond donors (Lipinski definition) is 1. The fourth-order valence-corrected chi connectivity index (χ4v) is 3.16. The van der Waals surface area contributed by atoms with Crippen LogP contribution >= 0.6 is 11.8 Å². The summed E-state index contributed by atoms with van der Waals surface area (Å²) >= 11 is 0.421. The zero-order valence-electron chi connectivity index (χ0n) is 15.6. The molecule has 0 saturated heterocycles. The van der Waals surface area contributed by atoms with Crippen molar-refractivity contribution in [2.45, 2.75) is 24.0 Å². The molecule has 1 amide bonds. The van der Waals surface area contributed by atoms with E-state index in [1.807, 2.05) is 11.9 Å². The second-order valence-corrected chi connectivity index (χ2v) is 7.35. The van der Waals surface area contributed by atoms with Crippen LogP contribution in [0.5, 0.6) is 0 Å². The fraction of sp³-hybridized carbons (Fsp3) is 0.250. The average molecular weight is 419 g/mol. The molecule has 6 nitrogen and oxygen atoms in total. The molecule has 0 unspecified atom stereocenters. The molecule has 1 aliphatic heterocycles. The van der Waals surface area contributed by atoms with Gasteiger partial charge in [-0.3, -0.25) is 9.80 Å². The Balaban J connectivity index is 1.48. The van der Waals surface area contributed by atoms with Crippen molar-refractivity contribution in [1.82, 2.24) is 0 Å². The summed E-state index contributed by atoms with van der Waals surface area (Å²) in [6, 6.07) is 12.8. The molecule has 1 aliphatic rings. The van der Waals surface area contributed by atoms with Gasteiger partial charge < -0.3 is 10.1 Å². The van der Waals surface area contributed by atoms with E-state index in [2.05, 4.69) is 10.4 Å². The van der Waals surface area contributed by atoms with E-state index in [-0.39, 0.29) is 0 Å². The molecule has 0 bridgehead atoms. The predicted molar refractivity (Wildman–Crippen MR) is 109 cm³/mol. The topological polar surface area (TPSA) is 71.0 Å². The Hall–Kier alpha value is -2.94. The first-order chi connectivity index (χ1) is 13.9. The van der Waals surface area contributed by atoms with Gasteiger partial charge >= 0.3 is 5.97 Å². The van der Waals surface area contributed by atoms with Crippen LogP contribution in [-0.4, -0.2) is 36.5 Å². The zero-order chi connectivity index (χ0) is 20.8. The van der Waals surface area contributed by atoms with Crippen molar-refractivity contribution < 1.29 is 23.1 Å². The Kier molecular flexibility index (Phi) is 6.82. The maximum atomic E-state index is 12.3. The predicted octanol–water partition coefficient (Wildman–Crippen LogP) is 4.38. The Morgan fingerprint density at radius 1 is 1.17 bits per heavy atom. The van der Waals surface area contributed by atoms with E-state index in [0.717, 1.165) is 24.4 Å². The van der Waals surface area contributed by atoms with E-state index in [1.165, 1.54) is 24.3 Å². The Labute approximate surface area is 170 Å². The van der Waals surface area contributed by atoms with Crippen molar-refractivity contribution >= 4 is 40.7 Å². The highest BCUT2D eigenvalue weighted by Gasteiger charge is 2.15. The number of ether oxygens (including phenoxy) is 1. The number of alkyl halides is 2. The van der Waals surface area contributed by atoms with Crippen LogP contribution in [0, 0.1) is 0 Å². The zero-order valence-corrected chi connectivity index (χ0v) is 16.4. The van der Waals surface area contributed by atoms with Gasteiger partial charge in [-0.05, 0) is 55.5 Å². The molecular weight excluding hydrogens is 400 g/mol. The minimum absolute atomic E-state index is 0.329. The molecule has 0 aliphatic carbocycles. The summed E-state index contributed by atoms with van der Waals surface area (Å²) < 4.78 is 29.6. The first kappa shape index (κ1) is 20.8. The van der Waals surface area contributed by atoms with Gasteiger partial charge in [-0.15, -0.1) is 0 Å². The lowest BCUT2D eigenvalue weighted by Crippen LogP contribution is -2.21. The molecule has 0 spiro atoms. The third-order valence-electron chi connectivity index (χ3n) is 4.08. The van der Waals surface area contributed by atoms with Crippen LogP contribution in [0.3, 0.4) is 0 Å². The van der Waals surface area contributed by atoms with Crippen molar-refractivity contribution in [2.75, 3.05) is 23.5 Å². The van der Waals surface area contributed by atoms with Gasteiger partial charge in [-0.1, -0.05) is 11.8 Å². The van der Waals surface area contributed by atoms with Gasteiger partial charge in [0.1, 0.15) is 0 Å². The molecule has 1 N–H and O–H groups in total. The third-order valence-corrected chi connectivity index (χ3v) is 4.80. The summed E-state index contributed by atoms with van der Waals surface area (Å²) in [6.07, 6.45) is 0.909. The second-order valence-electron chi connectivity index (χ2n) is 6.28. The van der Waals surface area contributed by atoms with Crippen molar-refractivity contribution in [3.63, 3.8) is 0 Å². The molecule has 152 valence electrons. The van der Waals surface area contributed by atoms with Crippen LogP contribution in [0.4, 0.5) is 20.2 Å². The van der Waals surface area contributed by atoms with Gasteiger partial charge in [0.15, 0.2) is 6.61 Å². The monoisotopic (exact) mass is 419 g/mol. The number of carbonyl (C=O) groups is 2. The van der Waals surface area contributed by atoms with Gasteiger partial charge in [0.25, 0.3) is 11.7 Å². The summed E-state index contributed by atoms with van der Waals surface area (Å²) in [5.41, 5.74) is 2.69. The molecular formula is C20H19F2N3O3S. The number of amides is 1. The third kappa shape index (κ3) is 6.02. The minimum atomic E-state index is -2.50. The highest BCUT2D eigenvalue weighted by Crippen LogP contribution is 2.26. The lowest BCUT2D eigenvalue weighted by molar-refractivity contribution is -0.119. The summed E-state index contributed by atoms with van der Waals surface area (Å²) in [5, 5.41) is 8.80. The number of rotatable bonds is 7. The number of nitrogens with zero attached hydrogens (tertiary/aromatic N) is 2. The molecule has 3 rings (SSSR count). The van der Waals surface area contributed by atoms with E-state index < -0.39 is 24.2 Å². The molecule has 0 atom stereocenters. The number of benzene rings is 2. The van der Waals surface area contributed by atoms with Crippen LogP contribution in [0.2, 0.25) is 0 Å². The van der Waals surface area contributed by atoms with E-state index in [1.54, 1.807) is 24.3 Å². The minimum Gasteiger partial charge on any atom is -0.452 e. The van der Waals surface area contributed by atoms with Crippen molar-refractivity contribution in [3.8, 4) is 0 Å². The summed E-state index contributed by atoms with van der Waals surface area (Å²) in [5.74, 6) is -3.64. The number of carbonyl (C=O) groups excluding carboxylic acids is 2. The smallest absolute Gasteiger partial charge is 0.338 e. The summed E-state index contributed by atoms with van der Waals surface area (Å²) in [4.78, 5) is 24.4. The first-order valence-corrected chi connectivity index (χ1v) is 9.72. The second kappa shape index (κ2) is 9.51. The average Bonchev–Trinajstić information content (AvgIpc) is 3.14. The summed E-state index contributed by atoms with van der Waals surface area (Å²) in [7, 11) is 0. The molecule has 0 saturated carbocycles. The quantitative estimate of drug-likeness (QED) is 0.533. The van der Waals surface area contributed by atoms with Crippen LogP contribution < -0.4 is 10.3 Å². The highest BCUT2D eigenvalue weighted by molar-refractivity contribution is 7.99. The van der Waals surface area contributed by atoms with Gasteiger partial charge in [-0.2, -0.15) is 13.9 Å². The Morgan fingerprint density at radius 2 is 1.86 bits per heavy atom. The molecule has 9 heteroatoms. The molecule has 2 aromatic rings. The summed E-state index contributed by atoms with van der Waals surface area (Å²) in [6.45, 7) is 2.31. The molecule has 29 heavy (non-hydrogen) atoms. The Bertz CT molecular complexity index is 902. The van der Waals surface area contributed by atoms with E-state index in [4.69, 9.17) is 4.74 Å². The molecule has 0 fully saturated rings. The SMILES string of the molecule is CC1=NN(c2ccc(C(=O)OCC(=O)Nc3ccc(SC(F)F)cc3)cc2)CC1. The number of esters is 1. The van der Waals surface area contributed by atoms with Gasteiger partial charge in [0.05, 0.1) is 11.3 Å². The maximum absolute atomic E-state index is 12.3. The van der Waals surface area contributed by atoms with Crippen LogP contribution in [0.15, 0.2) is 58.5 Å². The van der Waals surface area contributed by atoms with Crippen molar-refractivity contribution in [3.05, 3.63) is 54.1 Å². The largest absolute Gasteiger partial charge is 0.452 e. The molecule has 1 heterocycles. The van der Waals surface area contributed by atoms with E-state index >= 15 is 0 Å². The maximum Gasteiger partial charge on any atom is 0.338 e. The van der Waals surface area contributed by atoms with E-state index in [9.17, 15) is 18.4 Å². The number of anilines is 2. The van der Waals surface area contributed by atoms with E-state index in [0.29, 0.717) is 27.9 Å². The van der Waals surface area contributed by atoms with Gasteiger partial charge in [0, 0.05) is 29.3 Å². The lowest BCUT2D eigenvalue weighted by Gasteiger charge is -2.13. The number of thioether (sulfide) groups is 1. The van der Waals surface area contributed by atoms with Crippen LogP contribution in [0.1, 0.15) is 23.7 Å². The molecule has 0 aromatic heterocycles. The molecule has 0 radical (unpaired) electrons. The lowest BCUT2D eigenvalue weighted by atomic mass is 10.2. The number of halogens is 2. The highest BCUT2D eigenvalue weighted by atomic mass is 32.2. The van der Waals surface area contributed by atoms with Crippen LogP contribution in [-0.2, 0) is 9.53 Å². The number of nitrogens with one attached hydrogen (secondary N) is 1. The van der Waals surface area contributed by atoms with Crippen molar-refractivity contribution in [2.24, 2.45) is 5.10 Å². The van der Waals surface area contributed by atoms with Crippen LogP contribution in [0.25, 0.3) is 0 Å². The molecule has 2 aromatic carbocycles. The Morgan fingerprint density at radius 3 is 2.45 bits per heavy atom. The number of hydrazone groups is 1.